The molecule has 0 spiro atoms. The highest BCUT2D eigenvalue weighted by molar-refractivity contribution is 5.44. The average Bonchev–Trinajstić information content (AvgIpc) is 2.97. The van der Waals surface area contributed by atoms with Crippen LogP contribution in [-0.2, 0) is 19.9 Å². The lowest BCUT2D eigenvalue weighted by Crippen LogP contribution is -1.98. The molecule has 0 fully saturated rings. The van der Waals surface area contributed by atoms with Crippen molar-refractivity contribution < 1.29 is 4.74 Å². The van der Waals surface area contributed by atoms with Gasteiger partial charge >= 0.3 is 6.01 Å². The van der Waals surface area contributed by atoms with Crippen molar-refractivity contribution in [2.75, 3.05) is 0 Å². The molecule has 0 saturated carbocycles. The van der Waals surface area contributed by atoms with Gasteiger partial charge in [-0.25, -0.2) is 4.98 Å². The van der Waals surface area contributed by atoms with E-state index in [2.05, 4.69) is 21.1 Å². The van der Waals surface area contributed by atoms with Crippen molar-refractivity contribution in [3.63, 3.8) is 0 Å². The van der Waals surface area contributed by atoms with Gasteiger partial charge in [-0.05, 0) is 30.9 Å². The van der Waals surface area contributed by atoms with E-state index in [1.807, 2.05) is 6.07 Å². The first-order chi connectivity index (χ1) is 8.76. The Morgan fingerprint density at radius 1 is 1.44 bits per heavy atom. The van der Waals surface area contributed by atoms with E-state index in [0.717, 1.165) is 30.5 Å². The summed E-state index contributed by atoms with van der Waals surface area (Å²) in [7, 11) is 1.75. The van der Waals surface area contributed by atoms with Crippen molar-refractivity contribution in [2.24, 2.45) is 7.05 Å². The molecule has 1 aliphatic carbocycles. The Morgan fingerprint density at radius 2 is 2.33 bits per heavy atom. The maximum absolute atomic E-state index is 9.12. The van der Waals surface area contributed by atoms with Gasteiger partial charge in [0.1, 0.15) is 18.0 Å². The van der Waals surface area contributed by atoms with Gasteiger partial charge in [-0.2, -0.15) is 10.2 Å². The van der Waals surface area contributed by atoms with Crippen LogP contribution in [0.15, 0.2) is 12.4 Å². The predicted molar refractivity (Wildman–Crippen MR) is 62.1 cm³/mol. The number of hydrogen-bond donors (Lipinski definition) is 0. The SMILES string of the molecule is Cn1cnc(Oc2nc3c(cc2C#N)CCC3)n1. The minimum Gasteiger partial charge on any atom is -0.403 e. The predicted octanol–water partition coefficient (Wildman–Crippen LogP) is 1.36. The lowest BCUT2D eigenvalue weighted by molar-refractivity contribution is 0.419. The second kappa shape index (κ2) is 4.11. The Balaban J connectivity index is 1.98. The van der Waals surface area contributed by atoms with E-state index >= 15 is 0 Å². The number of ether oxygens (including phenoxy) is 1. The van der Waals surface area contributed by atoms with E-state index in [-0.39, 0.29) is 6.01 Å². The molecule has 2 aromatic rings. The Hall–Kier alpha value is -2.42. The van der Waals surface area contributed by atoms with Gasteiger partial charge in [0.05, 0.1) is 0 Å². The van der Waals surface area contributed by atoms with E-state index in [9.17, 15) is 0 Å². The van der Waals surface area contributed by atoms with Gasteiger partial charge in [-0.15, -0.1) is 5.10 Å². The summed E-state index contributed by atoms with van der Waals surface area (Å²) in [5.74, 6) is 0.296. The molecule has 1 aliphatic rings. The van der Waals surface area contributed by atoms with Crippen LogP contribution in [0.3, 0.4) is 0 Å². The molecule has 6 nitrogen and oxygen atoms in total. The number of rotatable bonds is 2. The van der Waals surface area contributed by atoms with Crippen molar-refractivity contribution in [3.8, 4) is 18.0 Å². The third-order valence-electron chi connectivity index (χ3n) is 2.90. The van der Waals surface area contributed by atoms with E-state index in [4.69, 9.17) is 10.00 Å². The number of pyridine rings is 1. The molecule has 0 N–H and O–H groups in total. The molecule has 3 rings (SSSR count). The highest BCUT2D eigenvalue weighted by Crippen LogP contribution is 2.27. The lowest BCUT2D eigenvalue weighted by atomic mass is 10.1. The zero-order valence-corrected chi connectivity index (χ0v) is 9.92. The highest BCUT2D eigenvalue weighted by Gasteiger charge is 2.18. The number of aryl methyl sites for hydroxylation is 3. The quantitative estimate of drug-likeness (QED) is 0.793. The van der Waals surface area contributed by atoms with Crippen LogP contribution < -0.4 is 4.74 Å². The Morgan fingerprint density at radius 3 is 3.06 bits per heavy atom. The third kappa shape index (κ3) is 1.80. The summed E-state index contributed by atoms with van der Waals surface area (Å²) in [6.45, 7) is 0. The minimum atomic E-state index is 0.208. The van der Waals surface area contributed by atoms with Crippen LogP contribution in [0, 0.1) is 11.3 Å². The van der Waals surface area contributed by atoms with Gasteiger partial charge in [0, 0.05) is 12.7 Å². The van der Waals surface area contributed by atoms with Crippen molar-refractivity contribution in [1.29, 1.82) is 5.26 Å². The number of aromatic nitrogens is 4. The molecule has 6 heteroatoms. The van der Waals surface area contributed by atoms with Crippen LogP contribution >= 0.6 is 0 Å². The normalized spacial score (nSPS) is 13.1. The molecule has 0 aromatic carbocycles. The fraction of sp³-hybridized carbons (Fsp3) is 0.333. The molecule has 0 unspecified atom stereocenters. The standard InChI is InChI=1S/C12H11N5O/c1-17-7-14-12(16-17)18-11-9(6-13)5-8-3-2-4-10(8)15-11/h5,7H,2-4H2,1H3. The summed E-state index contributed by atoms with van der Waals surface area (Å²) in [5.41, 5.74) is 2.59. The lowest BCUT2D eigenvalue weighted by Gasteiger charge is -2.05. The van der Waals surface area contributed by atoms with Crippen LogP contribution in [-0.4, -0.2) is 19.7 Å². The van der Waals surface area contributed by atoms with Gasteiger partial charge in [0.25, 0.3) is 0 Å². The van der Waals surface area contributed by atoms with E-state index in [0.29, 0.717) is 11.4 Å². The topological polar surface area (TPSA) is 76.6 Å². The number of nitriles is 1. The molecule has 2 heterocycles. The molecule has 0 bridgehead atoms. The van der Waals surface area contributed by atoms with Gasteiger partial charge in [-0.1, -0.05) is 0 Å². The van der Waals surface area contributed by atoms with Crippen LogP contribution in [0.2, 0.25) is 0 Å². The zero-order valence-electron chi connectivity index (χ0n) is 9.92. The van der Waals surface area contributed by atoms with E-state index < -0.39 is 0 Å². The van der Waals surface area contributed by atoms with Crippen molar-refractivity contribution >= 4 is 0 Å². The van der Waals surface area contributed by atoms with Crippen LogP contribution in [0.4, 0.5) is 0 Å². The molecular formula is C12H11N5O. The molecule has 90 valence electrons. The average molecular weight is 241 g/mol. The Bertz CT molecular complexity index is 640. The van der Waals surface area contributed by atoms with Crippen molar-refractivity contribution in [3.05, 3.63) is 29.2 Å². The Labute approximate surface area is 104 Å². The monoisotopic (exact) mass is 241 g/mol. The first-order valence-electron chi connectivity index (χ1n) is 5.72. The summed E-state index contributed by atoms with van der Waals surface area (Å²) in [6.07, 6.45) is 4.54. The van der Waals surface area contributed by atoms with E-state index in [1.54, 1.807) is 7.05 Å². The van der Waals surface area contributed by atoms with Gasteiger partial charge < -0.3 is 4.74 Å². The second-order valence-electron chi connectivity index (χ2n) is 4.22. The van der Waals surface area contributed by atoms with Gasteiger partial charge in [0.2, 0.25) is 5.88 Å². The van der Waals surface area contributed by atoms with Crippen molar-refractivity contribution in [1.82, 2.24) is 19.7 Å². The first-order valence-corrected chi connectivity index (χ1v) is 5.72. The van der Waals surface area contributed by atoms with Crippen LogP contribution in [0.5, 0.6) is 11.9 Å². The van der Waals surface area contributed by atoms with Crippen molar-refractivity contribution in [2.45, 2.75) is 19.3 Å². The maximum Gasteiger partial charge on any atom is 0.342 e. The number of nitrogens with zero attached hydrogens (tertiary/aromatic N) is 5. The molecule has 0 radical (unpaired) electrons. The smallest absolute Gasteiger partial charge is 0.342 e. The number of hydrogen-bond acceptors (Lipinski definition) is 5. The van der Waals surface area contributed by atoms with E-state index in [1.165, 1.54) is 11.0 Å². The highest BCUT2D eigenvalue weighted by atomic mass is 16.5. The summed E-state index contributed by atoms with van der Waals surface area (Å²) in [5, 5.41) is 13.1. The molecule has 0 aliphatic heterocycles. The first kappa shape index (κ1) is 10.7. The van der Waals surface area contributed by atoms with Crippen LogP contribution in [0.1, 0.15) is 23.2 Å². The van der Waals surface area contributed by atoms with Crippen LogP contribution in [0.25, 0.3) is 0 Å². The largest absolute Gasteiger partial charge is 0.403 e. The second-order valence-corrected chi connectivity index (χ2v) is 4.22. The molecule has 0 amide bonds. The van der Waals surface area contributed by atoms with Gasteiger partial charge in [0.15, 0.2) is 0 Å². The molecule has 18 heavy (non-hydrogen) atoms. The molecule has 2 aromatic heterocycles. The summed E-state index contributed by atoms with van der Waals surface area (Å²) >= 11 is 0. The Kier molecular flexibility index (Phi) is 2.45. The molecule has 0 atom stereocenters. The fourth-order valence-electron chi connectivity index (χ4n) is 2.06. The summed E-state index contributed by atoms with van der Waals surface area (Å²) in [6, 6.07) is 4.17. The minimum absolute atomic E-state index is 0.208. The molecular weight excluding hydrogens is 230 g/mol. The summed E-state index contributed by atoms with van der Waals surface area (Å²) < 4.78 is 7.01. The molecule has 0 saturated heterocycles. The number of fused-ring (bicyclic) bond motifs is 1. The summed E-state index contributed by atoms with van der Waals surface area (Å²) in [4.78, 5) is 8.35. The maximum atomic E-state index is 9.12. The zero-order chi connectivity index (χ0) is 12.5. The third-order valence-corrected chi connectivity index (χ3v) is 2.90. The fourth-order valence-corrected chi connectivity index (χ4v) is 2.06. The van der Waals surface area contributed by atoms with Gasteiger partial charge in [-0.3, -0.25) is 4.68 Å².